The fourth-order valence-electron chi connectivity index (χ4n) is 1.76. The third-order valence-corrected chi connectivity index (χ3v) is 3.54. The number of aryl methyl sites for hydroxylation is 1. The van der Waals surface area contributed by atoms with Crippen molar-refractivity contribution in [3.63, 3.8) is 0 Å². The molecule has 1 aliphatic rings. The number of nitrogens with zero attached hydrogens (tertiary/aromatic N) is 4. The summed E-state index contributed by atoms with van der Waals surface area (Å²) in [5, 5.41) is 13.9. The van der Waals surface area contributed by atoms with Crippen molar-refractivity contribution < 1.29 is 0 Å². The Kier molecular flexibility index (Phi) is 2.17. The predicted octanol–water partition coefficient (Wildman–Crippen LogP) is 1.88. The first-order valence-corrected chi connectivity index (χ1v) is 6.26. The van der Waals surface area contributed by atoms with Gasteiger partial charge in [-0.05, 0) is 19.8 Å². The van der Waals surface area contributed by atoms with E-state index < -0.39 is 0 Å². The van der Waals surface area contributed by atoms with Crippen LogP contribution in [0.25, 0.3) is 10.6 Å². The number of nitrogen functional groups attached to an aromatic ring is 1. The Hall–Kier alpha value is -1.43. The Morgan fingerprint density at radius 2 is 2.31 bits per heavy atom. The van der Waals surface area contributed by atoms with Crippen molar-refractivity contribution in [3.8, 4) is 10.6 Å². The van der Waals surface area contributed by atoms with Crippen molar-refractivity contribution in [2.75, 3.05) is 5.73 Å². The normalized spacial score (nSPS) is 15.6. The summed E-state index contributed by atoms with van der Waals surface area (Å²) in [6, 6.07) is 0. The van der Waals surface area contributed by atoms with E-state index in [0.717, 1.165) is 22.8 Å². The summed E-state index contributed by atoms with van der Waals surface area (Å²) in [5.41, 5.74) is 7.89. The van der Waals surface area contributed by atoms with Crippen LogP contribution in [0.1, 0.15) is 31.4 Å². The molecule has 0 aromatic carbocycles. The second-order valence-electron chi connectivity index (χ2n) is 4.00. The summed E-state index contributed by atoms with van der Waals surface area (Å²) in [4.78, 5) is 0. The van der Waals surface area contributed by atoms with Crippen LogP contribution in [-0.4, -0.2) is 20.0 Å². The molecule has 0 atom stereocenters. The Morgan fingerprint density at radius 3 is 2.88 bits per heavy atom. The molecule has 0 unspecified atom stereocenters. The minimum absolute atomic E-state index is 0.515. The zero-order chi connectivity index (χ0) is 11.1. The molecule has 6 heteroatoms. The lowest BCUT2D eigenvalue weighted by molar-refractivity contribution is 0.647. The fourth-order valence-corrected chi connectivity index (χ4v) is 2.39. The van der Waals surface area contributed by atoms with Crippen LogP contribution < -0.4 is 5.73 Å². The highest BCUT2D eigenvalue weighted by Crippen LogP contribution is 2.44. The molecular formula is C10H13N5S. The van der Waals surface area contributed by atoms with Crippen LogP contribution in [0, 0.1) is 0 Å². The second-order valence-corrected chi connectivity index (χ2v) is 5.01. The highest BCUT2D eigenvalue weighted by Gasteiger charge is 2.30. The van der Waals surface area contributed by atoms with Gasteiger partial charge in [0.2, 0.25) is 5.13 Å². The molecule has 2 aromatic heterocycles. The van der Waals surface area contributed by atoms with Crippen LogP contribution in [0.4, 0.5) is 5.13 Å². The van der Waals surface area contributed by atoms with Gasteiger partial charge in [-0.2, -0.15) is 5.10 Å². The van der Waals surface area contributed by atoms with Crippen molar-refractivity contribution in [1.82, 2.24) is 20.0 Å². The van der Waals surface area contributed by atoms with E-state index in [9.17, 15) is 0 Å². The zero-order valence-corrected chi connectivity index (χ0v) is 9.87. The number of aromatic nitrogens is 4. The number of hydrogen-bond donors (Lipinski definition) is 1. The maximum atomic E-state index is 5.61. The standard InChI is InChI=1S/C10H13N5S/c1-2-15-5-7(8(14-15)6-3-4-6)9-12-13-10(11)16-9/h5-6H,2-4H2,1H3,(H2,11,13). The summed E-state index contributed by atoms with van der Waals surface area (Å²) < 4.78 is 1.96. The maximum absolute atomic E-state index is 5.61. The van der Waals surface area contributed by atoms with E-state index >= 15 is 0 Å². The van der Waals surface area contributed by atoms with Gasteiger partial charge in [0.15, 0.2) is 5.01 Å². The van der Waals surface area contributed by atoms with E-state index in [4.69, 9.17) is 5.73 Å². The van der Waals surface area contributed by atoms with Crippen LogP contribution in [0.5, 0.6) is 0 Å². The molecule has 1 fully saturated rings. The Balaban J connectivity index is 2.07. The minimum Gasteiger partial charge on any atom is -0.374 e. The minimum atomic E-state index is 0.515. The average Bonchev–Trinajstić information content (AvgIpc) is 2.89. The van der Waals surface area contributed by atoms with Crippen molar-refractivity contribution in [3.05, 3.63) is 11.9 Å². The number of anilines is 1. The van der Waals surface area contributed by atoms with Crippen LogP contribution in [0.15, 0.2) is 6.20 Å². The van der Waals surface area contributed by atoms with E-state index in [-0.39, 0.29) is 0 Å². The van der Waals surface area contributed by atoms with Gasteiger partial charge in [0.25, 0.3) is 0 Å². The quantitative estimate of drug-likeness (QED) is 0.881. The monoisotopic (exact) mass is 235 g/mol. The molecule has 0 radical (unpaired) electrons. The van der Waals surface area contributed by atoms with Crippen LogP contribution >= 0.6 is 11.3 Å². The van der Waals surface area contributed by atoms with Crippen LogP contribution in [0.3, 0.4) is 0 Å². The topological polar surface area (TPSA) is 69.6 Å². The Bertz CT molecular complexity index is 511. The van der Waals surface area contributed by atoms with Gasteiger partial charge in [-0.1, -0.05) is 11.3 Å². The first-order valence-electron chi connectivity index (χ1n) is 5.44. The van der Waals surface area contributed by atoms with Gasteiger partial charge in [0.1, 0.15) is 0 Å². The van der Waals surface area contributed by atoms with Gasteiger partial charge < -0.3 is 5.73 Å². The van der Waals surface area contributed by atoms with Crippen molar-refractivity contribution >= 4 is 16.5 Å². The highest BCUT2D eigenvalue weighted by molar-refractivity contribution is 7.18. The summed E-state index contributed by atoms with van der Waals surface area (Å²) in [7, 11) is 0. The second kappa shape index (κ2) is 3.55. The lowest BCUT2D eigenvalue weighted by Gasteiger charge is -1.93. The first-order chi connectivity index (χ1) is 7.78. The molecule has 0 bridgehead atoms. The van der Waals surface area contributed by atoms with Gasteiger partial charge >= 0.3 is 0 Å². The molecule has 0 spiro atoms. The molecule has 2 heterocycles. The average molecular weight is 235 g/mol. The molecule has 0 saturated heterocycles. The third-order valence-electron chi connectivity index (χ3n) is 2.75. The fraction of sp³-hybridized carbons (Fsp3) is 0.500. The molecule has 2 aromatic rings. The number of hydrogen-bond acceptors (Lipinski definition) is 5. The van der Waals surface area contributed by atoms with Gasteiger partial charge in [0.05, 0.1) is 11.3 Å². The molecule has 84 valence electrons. The smallest absolute Gasteiger partial charge is 0.203 e. The third kappa shape index (κ3) is 1.59. The SMILES string of the molecule is CCn1cc(-c2nnc(N)s2)c(C2CC2)n1. The summed E-state index contributed by atoms with van der Waals surface area (Å²) in [6.07, 6.45) is 4.53. The molecule has 1 saturated carbocycles. The van der Waals surface area contributed by atoms with Crippen LogP contribution in [-0.2, 0) is 6.54 Å². The van der Waals surface area contributed by atoms with Gasteiger partial charge in [-0.3, -0.25) is 4.68 Å². The lowest BCUT2D eigenvalue weighted by atomic mass is 10.2. The number of nitrogens with two attached hydrogens (primary N) is 1. The lowest BCUT2D eigenvalue weighted by Crippen LogP contribution is -1.94. The van der Waals surface area contributed by atoms with Gasteiger partial charge in [-0.25, -0.2) is 0 Å². The summed E-state index contributed by atoms with van der Waals surface area (Å²) in [6.45, 7) is 2.97. The Labute approximate surface area is 97.3 Å². The molecule has 5 nitrogen and oxygen atoms in total. The van der Waals surface area contributed by atoms with E-state index in [1.165, 1.54) is 24.2 Å². The van der Waals surface area contributed by atoms with Crippen molar-refractivity contribution in [1.29, 1.82) is 0 Å². The molecule has 3 rings (SSSR count). The molecular weight excluding hydrogens is 222 g/mol. The number of rotatable bonds is 3. The molecule has 2 N–H and O–H groups in total. The van der Waals surface area contributed by atoms with Crippen molar-refractivity contribution in [2.24, 2.45) is 0 Å². The van der Waals surface area contributed by atoms with Crippen molar-refractivity contribution in [2.45, 2.75) is 32.2 Å². The maximum Gasteiger partial charge on any atom is 0.203 e. The van der Waals surface area contributed by atoms with E-state index in [0.29, 0.717) is 11.0 Å². The van der Waals surface area contributed by atoms with Gasteiger partial charge in [-0.15, -0.1) is 10.2 Å². The summed E-state index contributed by atoms with van der Waals surface area (Å²) in [5.74, 6) is 0.618. The first kappa shape index (κ1) is 9.77. The highest BCUT2D eigenvalue weighted by atomic mass is 32.1. The van der Waals surface area contributed by atoms with E-state index in [1.807, 2.05) is 10.9 Å². The molecule has 0 amide bonds. The Morgan fingerprint density at radius 1 is 1.50 bits per heavy atom. The van der Waals surface area contributed by atoms with E-state index in [2.05, 4.69) is 22.2 Å². The summed E-state index contributed by atoms with van der Waals surface area (Å²) >= 11 is 1.43. The van der Waals surface area contributed by atoms with Gasteiger partial charge in [0, 0.05) is 18.7 Å². The molecule has 0 aliphatic heterocycles. The molecule has 16 heavy (non-hydrogen) atoms. The van der Waals surface area contributed by atoms with Crippen LogP contribution in [0.2, 0.25) is 0 Å². The molecule has 1 aliphatic carbocycles. The van der Waals surface area contributed by atoms with E-state index in [1.54, 1.807) is 0 Å². The largest absolute Gasteiger partial charge is 0.374 e. The zero-order valence-electron chi connectivity index (χ0n) is 9.05. The predicted molar refractivity (Wildman–Crippen MR) is 63.2 cm³/mol.